The topological polar surface area (TPSA) is 0 Å². The number of hydrogen-bond acceptors (Lipinski definition) is 0. The number of hydrogen-bond donors (Lipinski definition) is 0. The van der Waals surface area contributed by atoms with Crippen LogP contribution < -0.4 is 0 Å². The highest BCUT2D eigenvalue weighted by Gasteiger charge is 2.22. The molecule has 0 nitrogen and oxygen atoms in total. The van der Waals surface area contributed by atoms with E-state index in [-0.39, 0.29) is 0 Å². The number of aryl methyl sites for hydroxylation is 1. The summed E-state index contributed by atoms with van der Waals surface area (Å²) in [4.78, 5) is 0. The van der Waals surface area contributed by atoms with Crippen LogP contribution in [0.4, 0.5) is 0 Å². The third-order valence-corrected chi connectivity index (χ3v) is 9.43. The van der Waals surface area contributed by atoms with Crippen LogP contribution in [-0.2, 0) is 0 Å². The van der Waals surface area contributed by atoms with E-state index in [2.05, 4.69) is 132 Å². The average Bonchev–Trinajstić information content (AvgIpc) is 2.98. The first kappa shape index (κ1) is 26.6. The van der Waals surface area contributed by atoms with Crippen molar-refractivity contribution in [1.29, 1.82) is 0 Å². The van der Waals surface area contributed by atoms with Gasteiger partial charge < -0.3 is 0 Å². The maximum atomic E-state index is 2.45. The Morgan fingerprint density at radius 2 is 1.05 bits per heavy atom. The molecule has 3 unspecified atom stereocenters. The fourth-order valence-corrected chi connectivity index (χ4v) is 6.90. The van der Waals surface area contributed by atoms with Gasteiger partial charge >= 0.3 is 0 Å². The van der Waals surface area contributed by atoms with E-state index in [1.807, 2.05) is 0 Å². The Labute approximate surface area is 241 Å². The Hall–Kier alpha value is -3.64. The molecule has 202 valence electrons. The van der Waals surface area contributed by atoms with Crippen molar-refractivity contribution < 1.29 is 0 Å². The molecule has 0 spiro atoms. The third-order valence-electron chi connectivity index (χ3n) is 9.43. The average molecular weight is 523 g/mol. The van der Waals surface area contributed by atoms with E-state index < -0.39 is 0 Å². The second-order valence-electron chi connectivity index (χ2n) is 12.3. The van der Waals surface area contributed by atoms with Gasteiger partial charge in [0.05, 0.1) is 0 Å². The standard InChI is InChI=1S/C40H42/c1-6-7-26(2)38-20-18-32(22-29(38)5)30-10-12-31(13-11-30)33-14-15-35-24-36(17-16-34(35)23-33)37-19-21-39-27(3)8-9-28(4)40(39)25-37/h10-28H,6-9H2,1-5H3. The molecule has 5 aromatic rings. The van der Waals surface area contributed by atoms with Crippen molar-refractivity contribution in [1.82, 2.24) is 0 Å². The van der Waals surface area contributed by atoms with Gasteiger partial charge in [0.2, 0.25) is 0 Å². The lowest BCUT2D eigenvalue weighted by atomic mass is 9.77. The molecule has 0 fully saturated rings. The van der Waals surface area contributed by atoms with Crippen LogP contribution in [0.2, 0.25) is 0 Å². The summed E-state index contributed by atoms with van der Waals surface area (Å²) in [7, 11) is 0. The van der Waals surface area contributed by atoms with Crippen molar-refractivity contribution in [3.8, 4) is 33.4 Å². The van der Waals surface area contributed by atoms with Gasteiger partial charge in [-0.2, -0.15) is 0 Å². The summed E-state index contributed by atoms with van der Waals surface area (Å²) in [6.45, 7) is 11.6. The quantitative estimate of drug-likeness (QED) is 0.208. The van der Waals surface area contributed by atoms with Crippen molar-refractivity contribution in [3.63, 3.8) is 0 Å². The molecule has 1 aliphatic rings. The molecule has 0 radical (unpaired) electrons. The predicted molar refractivity (Wildman–Crippen MR) is 174 cm³/mol. The summed E-state index contributed by atoms with van der Waals surface area (Å²) in [5.41, 5.74) is 13.7. The lowest BCUT2D eigenvalue weighted by Crippen LogP contribution is -2.10. The normalized spacial score (nSPS) is 17.5. The van der Waals surface area contributed by atoms with Crippen LogP contribution in [0.1, 0.15) is 93.4 Å². The Morgan fingerprint density at radius 3 is 1.65 bits per heavy atom. The molecule has 1 aliphatic carbocycles. The SMILES string of the molecule is CCCC(C)c1ccc(-c2ccc(-c3ccc4cc(-c5ccc6c(c5)C(C)CCC6C)ccc4c3)cc2)cc1C. The summed E-state index contributed by atoms with van der Waals surface area (Å²) < 4.78 is 0. The maximum absolute atomic E-state index is 2.45. The molecular formula is C40H42. The molecule has 0 bridgehead atoms. The third kappa shape index (κ3) is 5.13. The molecule has 40 heavy (non-hydrogen) atoms. The van der Waals surface area contributed by atoms with Crippen LogP contribution >= 0.6 is 0 Å². The lowest BCUT2D eigenvalue weighted by Gasteiger charge is -2.28. The van der Waals surface area contributed by atoms with Crippen LogP contribution in [0, 0.1) is 6.92 Å². The van der Waals surface area contributed by atoms with Crippen molar-refractivity contribution in [3.05, 3.63) is 119 Å². The molecule has 0 aromatic heterocycles. The first-order valence-electron chi connectivity index (χ1n) is 15.3. The molecule has 0 aliphatic heterocycles. The van der Waals surface area contributed by atoms with Gasteiger partial charge in [-0.05, 0) is 122 Å². The Morgan fingerprint density at radius 1 is 0.575 bits per heavy atom. The first-order valence-corrected chi connectivity index (χ1v) is 15.3. The highest BCUT2D eigenvalue weighted by molar-refractivity contribution is 5.91. The van der Waals surface area contributed by atoms with Crippen LogP contribution in [0.15, 0.2) is 97.1 Å². The van der Waals surface area contributed by atoms with E-state index in [4.69, 9.17) is 0 Å². The van der Waals surface area contributed by atoms with Gasteiger partial charge in [0.15, 0.2) is 0 Å². The summed E-state index contributed by atoms with van der Waals surface area (Å²) in [6, 6.07) is 37.0. The Kier molecular flexibility index (Phi) is 7.37. The molecular weight excluding hydrogens is 480 g/mol. The minimum Gasteiger partial charge on any atom is -0.0654 e. The van der Waals surface area contributed by atoms with Crippen LogP contribution in [0.25, 0.3) is 44.2 Å². The van der Waals surface area contributed by atoms with Crippen molar-refractivity contribution in [2.75, 3.05) is 0 Å². The molecule has 6 rings (SSSR count). The van der Waals surface area contributed by atoms with Gasteiger partial charge in [-0.1, -0.05) is 119 Å². The molecule has 0 saturated heterocycles. The van der Waals surface area contributed by atoms with Gasteiger partial charge in [-0.15, -0.1) is 0 Å². The molecule has 0 heteroatoms. The number of rotatable bonds is 6. The molecule has 0 N–H and O–H groups in total. The fraction of sp³-hybridized carbons (Fsp3) is 0.300. The molecule has 5 aromatic carbocycles. The second kappa shape index (κ2) is 11.1. The van der Waals surface area contributed by atoms with Crippen LogP contribution in [0.3, 0.4) is 0 Å². The maximum Gasteiger partial charge on any atom is -0.0177 e. The smallest absolute Gasteiger partial charge is 0.0177 e. The van der Waals surface area contributed by atoms with E-state index in [1.165, 1.54) is 81.0 Å². The highest BCUT2D eigenvalue weighted by Crippen LogP contribution is 2.40. The highest BCUT2D eigenvalue weighted by atomic mass is 14.3. The van der Waals surface area contributed by atoms with E-state index in [0.717, 1.165) is 0 Å². The summed E-state index contributed by atoms with van der Waals surface area (Å²) in [5.74, 6) is 1.95. The molecule has 0 amide bonds. The van der Waals surface area contributed by atoms with E-state index in [9.17, 15) is 0 Å². The van der Waals surface area contributed by atoms with Gasteiger partial charge in [0.25, 0.3) is 0 Å². The second-order valence-corrected chi connectivity index (χ2v) is 12.3. The zero-order chi connectivity index (χ0) is 27.8. The molecule has 3 atom stereocenters. The zero-order valence-electron chi connectivity index (χ0n) is 24.8. The van der Waals surface area contributed by atoms with E-state index in [1.54, 1.807) is 11.1 Å². The van der Waals surface area contributed by atoms with Gasteiger partial charge in [0.1, 0.15) is 0 Å². The zero-order valence-corrected chi connectivity index (χ0v) is 24.8. The molecule has 0 saturated carbocycles. The number of fused-ring (bicyclic) bond motifs is 2. The van der Waals surface area contributed by atoms with Crippen molar-refractivity contribution in [2.45, 2.75) is 78.1 Å². The van der Waals surface area contributed by atoms with Crippen LogP contribution in [-0.4, -0.2) is 0 Å². The summed E-state index contributed by atoms with van der Waals surface area (Å²) in [5, 5.41) is 2.59. The summed E-state index contributed by atoms with van der Waals surface area (Å²) in [6.07, 6.45) is 5.07. The van der Waals surface area contributed by atoms with Gasteiger partial charge in [0, 0.05) is 0 Å². The minimum atomic E-state index is 0.621. The monoisotopic (exact) mass is 522 g/mol. The summed E-state index contributed by atoms with van der Waals surface area (Å²) >= 11 is 0. The minimum absolute atomic E-state index is 0.621. The number of benzene rings is 5. The largest absolute Gasteiger partial charge is 0.0654 e. The Bertz CT molecular complexity index is 1650. The lowest BCUT2D eigenvalue weighted by molar-refractivity contribution is 0.527. The Balaban J connectivity index is 1.24. The van der Waals surface area contributed by atoms with Crippen molar-refractivity contribution >= 4 is 10.8 Å². The fourth-order valence-electron chi connectivity index (χ4n) is 6.90. The van der Waals surface area contributed by atoms with E-state index in [0.29, 0.717) is 17.8 Å². The first-order chi connectivity index (χ1) is 19.4. The molecule has 0 heterocycles. The van der Waals surface area contributed by atoms with E-state index >= 15 is 0 Å². The predicted octanol–water partition coefficient (Wildman–Crippen LogP) is 12.1. The van der Waals surface area contributed by atoms with Gasteiger partial charge in [-0.3, -0.25) is 0 Å². The van der Waals surface area contributed by atoms with Crippen LogP contribution in [0.5, 0.6) is 0 Å². The van der Waals surface area contributed by atoms with Crippen molar-refractivity contribution in [2.24, 2.45) is 0 Å². The van der Waals surface area contributed by atoms with Gasteiger partial charge in [-0.25, -0.2) is 0 Å².